The van der Waals surface area contributed by atoms with Crippen LogP contribution in [0, 0.1) is 0 Å². The smallest absolute Gasteiger partial charge is 0.00616 e. The van der Waals surface area contributed by atoms with E-state index in [0.717, 1.165) is 12.6 Å². The van der Waals surface area contributed by atoms with E-state index in [-0.39, 0.29) is 24.0 Å². The van der Waals surface area contributed by atoms with Crippen LogP contribution in [-0.4, -0.2) is 12.6 Å². The number of nitrogens with one attached hydrogen (secondary N) is 1. The zero-order valence-electron chi connectivity index (χ0n) is 6.61. The van der Waals surface area contributed by atoms with Gasteiger partial charge in [0.1, 0.15) is 0 Å². The predicted molar refractivity (Wildman–Crippen MR) is 53.5 cm³/mol. The number of halogens is 1. The second kappa shape index (κ2) is 8.69. The second-order valence-electron chi connectivity index (χ2n) is 2.07. The molecule has 0 unspecified atom stereocenters. The molecule has 0 bridgehead atoms. The summed E-state index contributed by atoms with van der Waals surface area (Å²) >= 11 is 0. The van der Waals surface area contributed by atoms with E-state index in [2.05, 4.69) is 26.1 Å². The van der Waals surface area contributed by atoms with Crippen LogP contribution < -0.4 is 5.32 Å². The van der Waals surface area contributed by atoms with Gasteiger partial charge in [0.25, 0.3) is 0 Å². The van der Waals surface area contributed by atoms with Gasteiger partial charge in [-0.15, -0.1) is 24.0 Å². The Hall–Kier alpha value is 0.690. The molecule has 0 aromatic rings. The van der Waals surface area contributed by atoms with Gasteiger partial charge in [-0.3, -0.25) is 0 Å². The van der Waals surface area contributed by atoms with Crippen LogP contribution in [0.2, 0.25) is 0 Å². The summed E-state index contributed by atoms with van der Waals surface area (Å²) < 4.78 is 0. The van der Waals surface area contributed by atoms with Crippen molar-refractivity contribution in [2.75, 3.05) is 6.54 Å². The van der Waals surface area contributed by atoms with Crippen LogP contribution in [0.1, 0.15) is 33.6 Å². The summed E-state index contributed by atoms with van der Waals surface area (Å²) in [7, 11) is 0. The average Bonchev–Trinajstić information content (AvgIpc) is 1.83. The summed E-state index contributed by atoms with van der Waals surface area (Å²) in [6, 6.07) is 0.750. The van der Waals surface area contributed by atoms with Gasteiger partial charge in [-0.25, -0.2) is 0 Å². The van der Waals surface area contributed by atoms with Crippen molar-refractivity contribution in [3.8, 4) is 0 Å². The molecule has 0 saturated heterocycles. The minimum Gasteiger partial charge on any atom is -0.314 e. The third-order valence-corrected chi connectivity index (χ3v) is 1.48. The van der Waals surface area contributed by atoms with Crippen LogP contribution in [0.3, 0.4) is 0 Å². The minimum atomic E-state index is 0. The van der Waals surface area contributed by atoms with Crippen LogP contribution in [0.15, 0.2) is 0 Å². The first-order valence-corrected chi connectivity index (χ1v) is 3.58. The van der Waals surface area contributed by atoms with Gasteiger partial charge in [0, 0.05) is 6.04 Å². The van der Waals surface area contributed by atoms with Crippen molar-refractivity contribution in [3.05, 3.63) is 0 Å². The van der Waals surface area contributed by atoms with Crippen molar-refractivity contribution in [2.24, 2.45) is 0 Å². The molecular formula is C7H18IN. The SMILES string of the molecule is CCNC(CC)CC.I. The lowest BCUT2D eigenvalue weighted by atomic mass is 10.2. The van der Waals surface area contributed by atoms with Crippen LogP contribution in [0.4, 0.5) is 0 Å². The highest BCUT2D eigenvalue weighted by molar-refractivity contribution is 14.0. The molecular weight excluding hydrogens is 225 g/mol. The summed E-state index contributed by atoms with van der Waals surface area (Å²) in [6.45, 7) is 7.69. The highest BCUT2D eigenvalue weighted by Gasteiger charge is 1.96. The van der Waals surface area contributed by atoms with Crippen LogP contribution in [-0.2, 0) is 0 Å². The van der Waals surface area contributed by atoms with Gasteiger partial charge >= 0.3 is 0 Å². The van der Waals surface area contributed by atoms with E-state index in [1.807, 2.05) is 0 Å². The van der Waals surface area contributed by atoms with E-state index in [1.165, 1.54) is 12.8 Å². The standard InChI is InChI=1S/C7H17N.HI/c1-4-7(5-2)8-6-3;/h7-8H,4-6H2,1-3H3;1H. The molecule has 58 valence electrons. The zero-order valence-corrected chi connectivity index (χ0v) is 8.94. The fourth-order valence-corrected chi connectivity index (χ4v) is 0.866. The maximum Gasteiger partial charge on any atom is 0.00616 e. The quantitative estimate of drug-likeness (QED) is 0.747. The molecule has 0 radical (unpaired) electrons. The van der Waals surface area contributed by atoms with Gasteiger partial charge in [-0.2, -0.15) is 0 Å². The molecule has 0 aliphatic carbocycles. The van der Waals surface area contributed by atoms with Crippen LogP contribution in [0.5, 0.6) is 0 Å². The second-order valence-corrected chi connectivity index (χ2v) is 2.07. The molecule has 0 aromatic carbocycles. The number of hydrogen-bond acceptors (Lipinski definition) is 1. The van der Waals surface area contributed by atoms with Gasteiger partial charge in [-0.05, 0) is 19.4 Å². The molecule has 1 nitrogen and oxygen atoms in total. The lowest BCUT2D eigenvalue weighted by molar-refractivity contribution is 0.499. The lowest BCUT2D eigenvalue weighted by Crippen LogP contribution is -2.26. The summed E-state index contributed by atoms with van der Waals surface area (Å²) in [6.07, 6.45) is 2.51. The third kappa shape index (κ3) is 6.58. The van der Waals surface area contributed by atoms with Crippen molar-refractivity contribution < 1.29 is 0 Å². The van der Waals surface area contributed by atoms with Gasteiger partial charge in [0.2, 0.25) is 0 Å². The molecule has 0 rings (SSSR count). The first-order chi connectivity index (χ1) is 3.85. The summed E-state index contributed by atoms with van der Waals surface area (Å²) in [5.74, 6) is 0. The van der Waals surface area contributed by atoms with E-state index in [9.17, 15) is 0 Å². The normalized spacial score (nSPS) is 9.33. The maximum absolute atomic E-state index is 3.38. The van der Waals surface area contributed by atoms with Gasteiger partial charge in [0.05, 0.1) is 0 Å². The lowest BCUT2D eigenvalue weighted by Gasteiger charge is -2.11. The van der Waals surface area contributed by atoms with Gasteiger partial charge < -0.3 is 5.32 Å². The fraction of sp³-hybridized carbons (Fsp3) is 1.00. The van der Waals surface area contributed by atoms with Crippen LogP contribution in [0.25, 0.3) is 0 Å². The highest BCUT2D eigenvalue weighted by Crippen LogP contribution is 1.93. The molecule has 1 N–H and O–H groups in total. The molecule has 0 atom stereocenters. The van der Waals surface area contributed by atoms with E-state index in [1.54, 1.807) is 0 Å². The Labute approximate surface area is 75.6 Å². The number of rotatable bonds is 4. The van der Waals surface area contributed by atoms with Gasteiger partial charge in [0.15, 0.2) is 0 Å². The molecule has 0 aliphatic heterocycles. The maximum atomic E-state index is 3.38. The highest BCUT2D eigenvalue weighted by atomic mass is 127. The molecule has 0 heterocycles. The summed E-state index contributed by atoms with van der Waals surface area (Å²) in [5.41, 5.74) is 0. The van der Waals surface area contributed by atoms with E-state index < -0.39 is 0 Å². The number of hydrogen-bond donors (Lipinski definition) is 1. The minimum absolute atomic E-state index is 0. The van der Waals surface area contributed by atoms with Crippen molar-refractivity contribution in [3.63, 3.8) is 0 Å². The molecule has 0 spiro atoms. The Kier molecular flexibility index (Phi) is 11.9. The van der Waals surface area contributed by atoms with Crippen molar-refractivity contribution in [2.45, 2.75) is 39.7 Å². The summed E-state index contributed by atoms with van der Waals surface area (Å²) in [5, 5.41) is 3.38. The summed E-state index contributed by atoms with van der Waals surface area (Å²) in [4.78, 5) is 0. The third-order valence-electron chi connectivity index (χ3n) is 1.48. The van der Waals surface area contributed by atoms with Crippen molar-refractivity contribution in [1.29, 1.82) is 0 Å². The predicted octanol–water partition coefficient (Wildman–Crippen LogP) is 2.40. The Bertz CT molecular complexity index is 44.2. The molecule has 0 amide bonds. The molecule has 2 heteroatoms. The molecule has 0 aliphatic rings. The Balaban J connectivity index is 0. The van der Waals surface area contributed by atoms with E-state index >= 15 is 0 Å². The Morgan fingerprint density at radius 3 is 1.67 bits per heavy atom. The van der Waals surface area contributed by atoms with Crippen molar-refractivity contribution in [1.82, 2.24) is 5.32 Å². The van der Waals surface area contributed by atoms with Gasteiger partial charge in [-0.1, -0.05) is 20.8 Å². The Morgan fingerprint density at radius 2 is 1.56 bits per heavy atom. The first kappa shape index (κ1) is 12.4. The van der Waals surface area contributed by atoms with Crippen LogP contribution >= 0.6 is 24.0 Å². The molecule has 0 aromatic heterocycles. The largest absolute Gasteiger partial charge is 0.314 e. The van der Waals surface area contributed by atoms with E-state index in [4.69, 9.17) is 0 Å². The molecule has 0 saturated carbocycles. The Morgan fingerprint density at radius 1 is 1.11 bits per heavy atom. The molecule has 0 fully saturated rings. The monoisotopic (exact) mass is 243 g/mol. The topological polar surface area (TPSA) is 12.0 Å². The van der Waals surface area contributed by atoms with E-state index in [0.29, 0.717) is 0 Å². The van der Waals surface area contributed by atoms with Crippen molar-refractivity contribution >= 4 is 24.0 Å². The average molecular weight is 243 g/mol. The molecule has 9 heavy (non-hydrogen) atoms. The zero-order chi connectivity index (χ0) is 6.41. The first-order valence-electron chi connectivity index (χ1n) is 3.58. The fourth-order valence-electron chi connectivity index (χ4n) is 0.866.